The lowest BCUT2D eigenvalue weighted by Crippen LogP contribution is -2.00. The van der Waals surface area contributed by atoms with Crippen LogP contribution in [0.15, 0.2) is 197 Å². The summed E-state index contributed by atoms with van der Waals surface area (Å²) in [5, 5.41) is 4.41. The number of furan rings is 2. The molecule has 0 unspecified atom stereocenters. The lowest BCUT2D eigenvalue weighted by Gasteiger charge is -2.12. The van der Waals surface area contributed by atoms with Crippen molar-refractivity contribution < 1.29 is 8.83 Å². The van der Waals surface area contributed by atoms with Crippen LogP contribution in [0.3, 0.4) is 0 Å². The van der Waals surface area contributed by atoms with Gasteiger partial charge in [0.2, 0.25) is 0 Å². The zero-order valence-electron chi connectivity index (χ0n) is 30.1. The maximum atomic E-state index is 6.60. The van der Waals surface area contributed by atoms with Gasteiger partial charge in [-0.2, -0.15) is 0 Å². The minimum atomic E-state index is 0.627. The molecule has 5 nitrogen and oxygen atoms in total. The minimum absolute atomic E-state index is 0.627. The fourth-order valence-electron chi connectivity index (χ4n) is 7.93. The number of fused-ring (bicyclic) bond motifs is 6. The molecule has 0 amide bonds. The Hall–Kier alpha value is -7.63. The molecule has 262 valence electrons. The van der Waals surface area contributed by atoms with E-state index in [4.69, 9.17) is 23.8 Å². The van der Waals surface area contributed by atoms with E-state index in [-0.39, 0.29) is 0 Å². The Morgan fingerprint density at radius 3 is 1.27 bits per heavy atom. The molecule has 5 heteroatoms. The van der Waals surface area contributed by atoms with Gasteiger partial charge in [0.15, 0.2) is 17.5 Å². The van der Waals surface area contributed by atoms with E-state index in [0.29, 0.717) is 17.5 Å². The second-order valence-electron chi connectivity index (χ2n) is 13.9. The monoisotopic (exact) mass is 717 g/mol. The van der Waals surface area contributed by atoms with Crippen LogP contribution in [0.5, 0.6) is 0 Å². The maximum absolute atomic E-state index is 6.60. The molecule has 0 fully saturated rings. The summed E-state index contributed by atoms with van der Waals surface area (Å²) >= 11 is 0. The predicted octanol–water partition coefficient (Wildman–Crippen LogP) is 13.7. The molecule has 0 saturated carbocycles. The van der Waals surface area contributed by atoms with Crippen LogP contribution < -0.4 is 0 Å². The molecular formula is C51H31N3O2. The lowest BCUT2D eigenvalue weighted by atomic mass is 9.90. The van der Waals surface area contributed by atoms with Crippen molar-refractivity contribution in [3.63, 3.8) is 0 Å². The SMILES string of the molecule is c1ccc(-c2nc(-c3ccccc3)nc(-c3ccc(-c4ccc5c(c4)oc4cccc(-c6ccccc6-c6cccc7oc8ccccc8c67)c45)cc3)n2)cc1. The summed E-state index contributed by atoms with van der Waals surface area (Å²) in [5.74, 6) is 1.91. The Labute approximate surface area is 322 Å². The Kier molecular flexibility index (Phi) is 7.42. The lowest BCUT2D eigenvalue weighted by molar-refractivity contribution is 0.668. The van der Waals surface area contributed by atoms with Crippen molar-refractivity contribution in [2.45, 2.75) is 0 Å². The van der Waals surface area contributed by atoms with Crippen LogP contribution >= 0.6 is 0 Å². The van der Waals surface area contributed by atoms with Crippen molar-refractivity contribution in [3.8, 4) is 67.5 Å². The van der Waals surface area contributed by atoms with Gasteiger partial charge in [0, 0.05) is 38.2 Å². The number of nitrogens with zero attached hydrogens (tertiary/aromatic N) is 3. The first-order valence-corrected chi connectivity index (χ1v) is 18.7. The summed E-state index contributed by atoms with van der Waals surface area (Å²) in [6.07, 6.45) is 0. The molecule has 3 aromatic heterocycles. The van der Waals surface area contributed by atoms with Gasteiger partial charge in [0.25, 0.3) is 0 Å². The van der Waals surface area contributed by atoms with Gasteiger partial charge in [0.1, 0.15) is 22.3 Å². The third kappa shape index (κ3) is 5.37. The summed E-state index contributed by atoms with van der Waals surface area (Å²) in [7, 11) is 0. The fraction of sp³-hybridized carbons (Fsp3) is 0. The Morgan fingerprint density at radius 1 is 0.268 bits per heavy atom. The third-order valence-corrected chi connectivity index (χ3v) is 10.6. The van der Waals surface area contributed by atoms with E-state index >= 15 is 0 Å². The molecule has 0 saturated heterocycles. The van der Waals surface area contributed by atoms with Crippen molar-refractivity contribution in [3.05, 3.63) is 188 Å². The number of hydrogen-bond acceptors (Lipinski definition) is 5. The van der Waals surface area contributed by atoms with Crippen LogP contribution in [0.1, 0.15) is 0 Å². The zero-order chi connectivity index (χ0) is 37.0. The van der Waals surface area contributed by atoms with Gasteiger partial charge < -0.3 is 8.83 Å². The van der Waals surface area contributed by atoms with Gasteiger partial charge >= 0.3 is 0 Å². The summed E-state index contributed by atoms with van der Waals surface area (Å²) in [6.45, 7) is 0. The third-order valence-electron chi connectivity index (χ3n) is 10.6. The summed E-state index contributed by atoms with van der Waals surface area (Å²) in [5.41, 5.74) is 13.0. The van der Waals surface area contributed by atoms with Crippen LogP contribution in [0, 0.1) is 0 Å². The first-order chi connectivity index (χ1) is 27.7. The Morgan fingerprint density at radius 2 is 0.679 bits per heavy atom. The molecule has 0 bridgehead atoms. The first-order valence-electron chi connectivity index (χ1n) is 18.7. The van der Waals surface area contributed by atoms with Gasteiger partial charge in [0.05, 0.1) is 0 Å². The number of aromatic nitrogens is 3. The molecule has 8 aromatic carbocycles. The maximum Gasteiger partial charge on any atom is 0.164 e. The van der Waals surface area contributed by atoms with Crippen molar-refractivity contribution in [1.29, 1.82) is 0 Å². The summed E-state index contributed by atoms with van der Waals surface area (Å²) < 4.78 is 12.9. The van der Waals surface area contributed by atoms with Gasteiger partial charge in [-0.1, -0.05) is 158 Å². The number of benzene rings is 8. The molecule has 0 aliphatic carbocycles. The second-order valence-corrected chi connectivity index (χ2v) is 13.9. The molecule has 0 atom stereocenters. The van der Waals surface area contributed by atoms with E-state index in [1.165, 1.54) is 0 Å². The zero-order valence-corrected chi connectivity index (χ0v) is 30.1. The number of hydrogen-bond donors (Lipinski definition) is 0. The number of para-hydroxylation sites is 1. The van der Waals surface area contributed by atoms with Crippen LogP contribution in [0.25, 0.3) is 111 Å². The van der Waals surface area contributed by atoms with Crippen molar-refractivity contribution in [2.24, 2.45) is 0 Å². The minimum Gasteiger partial charge on any atom is -0.456 e. The highest BCUT2D eigenvalue weighted by Crippen LogP contribution is 2.44. The molecule has 11 rings (SSSR count). The molecule has 3 heterocycles. The summed E-state index contributed by atoms with van der Waals surface area (Å²) in [4.78, 5) is 14.7. The molecule has 56 heavy (non-hydrogen) atoms. The van der Waals surface area contributed by atoms with E-state index in [1.807, 2.05) is 78.9 Å². The topological polar surface area (TPSA) is 65.0 Å². The molecule has 0 N–H and O–H groups in total. The average molecular weight is 718 g/mol. The second kappa shape index (κ2) is 13.0. The van der Waals surface area contributed by atoms with Crippen LogP contribution in [0.4, 0.5) is 0 Å². The highest BCUT2D eigenvalue weighted by atomic mass is 16.3. The molecular weight excluding hydrogens is 687 g/mol. The molecule has 11 aromatic rings. The van der Waals surface area contributed by atoms with Crippen LogP contribution in [0.2, 0.25) is 0 Å². The molecule has 0 spiro atoms. The fourth-order valence-corrected chi connectivity index (χ4v) is 7.93. The number of rotatable bonds is 6. The molecule has 0 aliphatic rings. The van der Waals surface area contributed by atoms with Gasteiger partial charge in [-0.25, -0.2) is 15.0 Å². The quantitative estimate of drug-likeness (QED) is 0.171. The highest BCUT2D eigenvalue weighted by Gasteiger charge is 2.19. The van der Waals surface area contributed by atoms with E-state index in [2.05, 4.69) is 109 Å². The van der Waals surface area contributed by atoms with Crippen LogP contribution in [-0.2, 0) is 0 Å². The van der Waals surface area contributed by atoms with E-state index in [1.54, 1.807) is 0 Å². The standard InChI is InChI=1S/C51H31N3O2/c1-3-13-33(14-4-1)49-52-50(34-15-5-2-6-16-34)54-51(53-49)35-27-25-32(26-28-35)36-29-30-42-46(31-36)56-45-24-12-21-40(48(42)45)38-18-8-7-17-37(38)39-20-11-23-44-47(39)41-19-9-10-22-43(41)55-44/h1-31H. The van der Waals surface area contributed by atoms with E-state index in [9.17, 15) is 0 Å². The molecule has 0 radical (unpaired) electrons. The van der Waals surface area contributed by atoms with Crippen molar-refractivity contribution >= 4 is 43.9 Å². The Bertz CT molecular complexity index is 3180. The summed E-state index contributed by atoms with van der Waals surface area (Å²) in [6, 6.07) is 64.5. The molecule has 0 aliphatic heterocycles. The van der Waals surface area contributed by atoms with Gasteiger partial charge in [-0.15, -0.1) is 0 Å². The van der Waals surface area contributed by atoms with Gasteiger partial charge in [-0.3, -0.25) is 0 Å². The smallest absolute Gasteiger partial charge is 0.164 e. The van der Waals surface area contributed by atoms with Crippen LogP contribution in [-0.4, -0.2) is 15.0 Å². The van der Waals surface area contributed by atoms with E-state index in [0.717, 1.165) is 93.9 Å². The van der Waals surface area contributed by atoms with Crippen molar-refractivity contribution in [2.75, 3.05) is 0 Å². The highest BCUT2D eigenvalue weighted by molar-refractivity contribution is 6.17. The van der Waals surface area contributed by atoms with Crippen molar-refractivity contribution in [1.82, 2.24) is 15.0 Å². The predicted molar refractivity (Wildman–Crippen MR) is 227 cm³/mol. The normalized spacial score (nSPS) is 11.6. The average Bonchev–Trinajstić information content (AvgIpc) is 3.85. The largest absolute Gasteiger partial charge is 0.456 e. The Balaban J connectivity index is 0.981. The van der Waals surface area contributed by atoms with Gasteiger partial charge in [-0.05, 0) is 63.7 Å². The van der Waals surface area contributed by atoms with E-state index < -0.39 is 0 Å². The first kappa shape index (κ1) is 31.9.